The van der Waals surface area contributed by atoms with Gasteiger partial charge in [-0.05, 0) is 41.1 Å². The summed E-state index contributed by atoms with van der Waals surface area (Å²) in [5.41, 5.74) is 1.40. The second-order valence-corrected chi connectivity index (χ2v) is 8.65. The van der Waals surface area contributed by atoms with E-state index < -0.39 is 5.92 Å². The van der Waals surface area contributed by atoms with E-state index in [0.29, 0.717) is 30.3 Å². The van der Waals surface area contributed by atoms with Crippen molar-refractivity contribution in [3.05, 3.63) is 81.9 Å². The summed E-state index contributed by atoms with van der Waals surface area (Å²) >= 11 is 1.58. The number of carbonyl (C=O) groups is 2. The highest BCUT2D eigenvalue weighted by Crippen LogP contribution is 2.44. The Hall–Kier alpha value is -2.86. The van der Waals surface area contributed by atoms with E-state index in [1.807, 2.05) is 52.7 Å². The molecule has 4 rings (SSSR count). The predicted octanol–water partition coefficient (Wildman–Crippen LogP) is 4.59. The number of fused-ring (bicyclic) bond motifs is 1. The van der Waals surface area contributed by atoms with Gasteiger partial charge >= 0.3 is 0 Å². The molecular formula is C23H24N2O3S. The third kappa shape index (κ3) is 3.85. The molecule has 150 valence electrons. The molecule has 0 saturated carbocycles. The number of carbonyl (C=O) groups excluding carboxylic acids is 2. The number of nitrogens with zero attached hydrogens (tertiary/aromatic N) is 1. The van der Waals surface area contributed by atoms with E-state index in [9.17, 15) is 9.59 Å². The van der Waals surface area contributed by atoms with Crippen LogP contribution in [-0.2, 0) is 11.3 Å². The van der Waals surface area contributed by atoms with Crippen LogP contribution in [0.4, 0.5) is 0 Å². The van der Waals surface area contributed by atoms with Gasteiger partial charge in [-0.2, -0.15) is 0 Å². The highest BCUT2D eigenvalue weighted by Gasteiger charge is 2.44. The van der Waals surface area contributed by atoms with Crippen molar-refractivity contribution in [1.82, 2.24) is 10.2 Å². The molecule has 1 N–H and O–H groups in total. The van der Waals surface area contributed by atoms with Crippen molar-refractivity contribution in [3.8, 4) is 0 Å². The number of amides is 2. The van der Waals surface area contributed by atoms with Crippen LogP contribution >= 0.6 is 11.3 Å². The zero-order valence-corrected chi connectivity index (χ0v) is 17.3. The van der Waals surface area contributed by atoms with E-state index >= 15 is 0 Å². The van der Waals surface area contributed by atoms with Crippen LogP contribution in [0, 0.1) is 5.92 Å². The van der Waals surface area contributed by atoms with Gasteiger partial charge in [0.15, 0.2) is 0 Å². The van der Waals surface area contributed by atoms with Gasteiger partial charge in [-0.3, -0.25) is 9.59 Å². The molecule has 1 aliphatic rings. The Morgan fingerprint density at radius 3 is 2.69 bits per heavy atom. The van der Waals surface area contributed by atoms with Crippen LogP contribution in [0.2, 0.25) is 0 Å². The number of hydrogen-bond donors (Lipinski definition) is 1. The van der Waals surface area contributed by atoms with E-state index in [1.165, 1.54) is 0 Å². The van der Waals surface area contributed by atoms with Crippen molar-refractivity contribution in [2.24, 2.45) is 5.92 Å². The Labute approximate surface area is 174 Å². The average Bonchev–Trinajstić information content (AvgIpc) is 3.42. The number of hydrogen-bond acceptors (Lipinski definition) is 4. The van der Waals surface area contributed by atoms with Crippen LogP contribution in [0.3, 0.4) is 0 Å². The Bertz CT molecular complexity index is 979. The summed E-state index contributed by atoms with van der Waals surface area (Å²) in [6.07, 6.45) is 1.59. The van der Waals surface area contributed by atoms with Gasteiger partial charge in [0.1, 0.15) is 5.76 Å². The normalized spacial score (nSPS) is 18.7. The first-order chi connectivity index (χ1) is 14.1. The Kier molecular flexibility index (Phi) is 5.53. The van der Waals surface area contributed by atoms with Gasteiger partial charge in [-0.15, -0.1) is 11.3 Å². The minimum atomic E-state index is -0.476. The molecule has 2 atom stereocenters. The zero-order valence-electron chi connectivity index (χ0n) is 16.5. The largest absolute Gasteiger partial charge is 0.467 e. The molecule has 2 aromatic heterocycles. The highest BCUT2D eigenvalue weighted by atomic mass is 32.1. The van der Waals surface area contributed by atoms with Gasteiger partial charge in [0.25, 0.3) is 5.91 Å². The topological polar surface area (TPSA) is 62.6 Å². The fourth-order valence-electron chi connectivity index (χ4n) is 3.94. The molecule has 0 saturated heterocycles. The summed E-state index contributed by atoms with van der Waals surface area (Å²) < 4.78 is 5.35. The van der Waals surface area contributed by atoms with Crippen LogP contribution in [-0.4, -0.2) is 23.3 Å². The fourth-order valence-corrected chi connectivity index (χ4v) is 4.82. The van der Waals surface area contributed by atoms with E-state index in [2.05, 4.69) is 19.2 Å². The minimum absolute atomic E-state index is 0.0113. The molecule has 0 bridgehead atoms. The van der Waals surface area contributed by atoms with E-state index in [-0.39, 0.29) is 17.9 Å². The Morgan fingerprint density at radius 1 is 1.17 bits per heavy atom. The number of rotatable bonds is 6. The molecule has 6 heteroatoms. The van der Waals surface area contributed by atoms with Crippen molar-refractivity contribution in [2.75, 3.05) is 6.54 Å². The smallest absolute Gasteiger partial charge is 0.254 e. The fraction of sp³-hybridized carbons (Fsp3) is 0.304. The molecule has 0 aliphatic carbocycles. The van der Waals surface area contributed by atoms with E-state index in [1.54, 1.807) is 23.7 Å². The summed E-state index contributed by atoms with van der Waals surface area (Å²) in [7, 11) is 0. The molecule has 29 heavy (non-hydrogen) atoms. The van der Waals surface area contributed by atoms with Crippen LogP contribution in [0.15, 0.2) is 64.6 Å². The predicted molar refractivity (Wildman–Crippen MR) is 113 cm³/mol. The van der Waals surface area contributed by atoms with Crippen molar-refractivity contribution in [1.29, 1.82) is 0 Å². The van der Waals surface area contributed by atoms with Gasteiger partial charge in [0.2, 0.25) is 5.91 Å². The second kappa shape index (κ2) is 8.25. The standard InChI is InChI=1S/C23H24N2O3S/c1-15(2)14-25-21(19-10-6-12-29-19)20(17-8-3-4-9-18(17)23(25)27)22(26)24-13-16-7-5-11-28-16/h3-12,15,20-21H,13-14H2,1-2H3,(H,24,26). The lowest BCUT2D eigenvalue weighted by atomic mass is 9.81. The first-order valence-corrected chi connectivity index (χ1v) is 10.7. The van der Waals surface area contributed by atoms with Gasteiger partial charge in [0.05, 0.1) is 24.8 Å². The van der Waals surface area contributed by atoms with E-state index in [4.69, 9.17) is 4.42 Å². The number of nitrogens with one attached hydrogen (secondary N) is 1. The summed E-state index contributed by atoms with van der Waals surface area (Å²) in [5, 5.41) is 5.00. The van der Waals surface area contributed by atoms with Crippen molar-refractivity contribution in [3.63, 3.8) is 0 Å². The lowest BCUT2D eigenvalue weighted by Crippen LogP contribution is -2.48. The van der Waals surface area contributed by atoms with Crippen LogP contribution in [0.1, 0.15) is 52.4 Å². The molecule has 1 aliphatic heterocycles. The maximum absolute atomic E-state index is 13.4. The molecule has 5 nitrogen and oxygen atoms in total. The number of furan rings is 1. The Balaban J connectivity index is 1.76. The lowest BCUT2D eigenvalue weighted by molar-refractivity contribution is -0.124. The van der Waals surface area contributed by atoms with E-state index in [0.717, 1.165) is 10.4 Å². The summed E-state index contributed by atoms with van der Waals surface area (Å²) in [4.78, 5) is 29.7. The van der Waals surface area contributed by atoms with Gasteiger partial charge in [0, 0.05) is 17.0 Å². The second-order valence-electron chi connectivity index (χ2n) is 7.67. The maximum atomic E-state index is 13.4. The molecule has 0 fully saturated rings. The first kappa shape index (κ1) is 19.5. The quantitative estimate of drug-likeness (QED) is 0.649. The maximum Gasteiger partial charge on any atom is 0.254 e. The van der Waals surface area contributed by atoms with Crippen molar-refractivity contribution in [2.45, 2.75) is 32.4 Å². The summed E-state index contributed by atoms with van der Waals surface area (Å²) in [6, 6.07) is 14.8. The van der Waals surface area contributed by atoms with Crippen molar-refractivity contribution >= 4 is 23.2 Å². The minimum Gasteiger partial charge on any atom is -0.467 e. The highest BCUT2D eigenvalue weighted by molar-refractivity contribution is 7.10. The van der Waals surface area contributed by atoms with Gasteiger partial charge in [-0.1, -0.05) is 38.1 Å². The van der Waals surface area contributed by atoms with Crippen LogP contribution in [0.5, 0.6) is 0 Å². The SMILES string of the molecule is CC(C)CN1C(=O)c2ccccc2C(C(=O)NCc2ccco2)C1c1cccs1. The summed E-state index contributed by atoms with van der Waals surface area (Å²) in [5.74, 6) is 0.399. The number of thiophene rings is 1. The molecule has 3 aromatic rings. The molecule has 2 unspecified atom stereocenters. The molecule has 0 spiro atoms. The van der Waals surface area contributed by atoms with Gasteiger partial charge < -0.3 is 14.6 Å². The Morgan fingerprint density at radius 2 is 2.00 bits per heavy atom. The summed E-state index contributed by atoms with van der Waals surface area (Å²) in [6.45, 7) is 5.09. The third-order valence-electron chi connectivity index (χ3n) is 5.13. The van der Waals surface area contributed by atoms with Gasteiger partial charge in [-0.25, -0.2) is 0 Å². The molecule has 2 amide bonds. The monoisotopic (exact) mass is 408 g/mol. The molecule has 3 heterocycles. The lowest BCUT2D eigenvalue weighted by Gasteiger charge is -2.42. The zero-order chi connectivity index (χ0) is 20.4. The third-order valence-corrected chi connectivity index (χ3v) is 6.08. The molecule has 0 radical (unpaired) electrons. The molecule has 1 aromatic carbocycles. The van der Waals surface area contributed by atoms with Crippen molar-refractivity contribution < 1.29 is 14.0 Å². The van der Waals surface area contributed by atoms with Crippen LogP contribution in [0.25, 0.3) is 0 Å². The first-order valence-electron chi connectivity index (χ1n) is 9.79. The number of benzene rings is 1. The average molecular weight is 409 g/mol. The molecular weight excluding hydrogens is 384 g/mol. The van der Waals surface area contributed by atoms with Crippen LogP contribution < -0.4 is 5.32 Å².